The SMILES string of the molecule is Clc1ccc(CBr)c(-n2cncn2)c1. The van der Waals surface area contributed by atoms with E-state index >= 15 is 0 Å². The molecule has 0 fully saturated rings. The molecule has 1 aromatic heterocycles. The fourth-order valence-electron chi connectivity index (χ4n) is 1.20. The maximum absolute atomic E-state index is 5.91. The van der Waals surface area contributed by atoms with Crippen LogP contribution in [0.4, 0.5) is 0 Å². The highest BCUT2D eigenvalue weighted by molar-refractivity contribution is 9.08. The number of hydrogen-bond acceptors (Lipinski definition) is 2. The molecular weight excluding hydrogens is 265 g/mol. The molecule has 0 atom stereocenters. The Bertz CT molecular complexity index is 428. The van der Waals surface area contributed by atoms with Gasteiger partial charge in [0.2, 0.25) is 0 Å². The second-order valence-electron chi connectivity index (χ2n) is 2.75. The Labute approximate surface area is 94.9 Å². The maximum atomic E-state index is 5.91. The van der Waals surface area contributed by atoms with Gasteiger partial charge in [0.1, 0.15) is 12.7 Å². The van der Waals surface area contributed by atoms with Crippen molar-refractivity contribution < 1.29 is 0 Å². The average Bonchev–Trinajstić information content (AvgIpc) is 2.70. The van der Waals surface area contributed by atoms with Crippen molar-refractivity contribution in [2.75, 3.05) is 0 Å². The second kappa shape index (κ2) is 4.11. The monoisotopic (exact) mass is 271 g/mol. The minimum Gasteiger partial charge on any atom is -0.223 e. The van der Waals surface area contributed by atoms with E-state index in [1.165, 1.54) is 6.33 Å². The zero-order valence-electron chi connectivity index (χ0n) is 7.19. The summed E-state index contributed by atoms with van der Waals surface area (Å²) in [6.07, 6.45) is 3.15. The van der Waals surface area contributed by atoms with Gasteiger partial charge in [0, 0.05) is 10.4 Å². The molecule has 0 bridgehead atoms. The van der Waals surface area contributed by atoms with Crippen molar-refractivity contribution in [1.29, 1.82) is 0 Å². The van der Waals surface area contributed by atoms with Gasteiger partial charge in [-0.15, -0.1) is 0 Å². The van der Waals surface area contributed by atoms with Crippen LogP contribution >= 0.6 is 27.5 Å². The van der Waals surface area contributed by atoms with Gasteiger partial charge in [0.25, 0.3) is 0 Å². The first kappa shape index (κ1) is 9.68. The number of nitrogens with zero attached hydrogens (tertiary/aromatic N) is 3. The molecule has 0 spiro atoms. The van der Waals surface area contributed by atoms with Crippen LogP contribution in [0.2, 0.25) is 5.02 Å². The van der Waals surface area contributed by atoms with Gasteiger partial charge in [-0.3, -0.25) is 0 Å². The highest BCUT2D eigenvalue weighted by Gasteiger charge is 2.04. The van der Waals surface area contributed by atoms with Crippen LogP contribution in [0.15, 0.2) is 30.9 Å². The van der Waals surface area contributed by atoms with Gasteiger partial charge in [0.15, 0.2) is 0 Å². The van der Waals surface area contributed by atoms with Crippen molar-refractivity contribution in [3.63, 3.8) is 0 Å². The average molecular weight is 273 g/mol. The largest absolute Gasteiger partial charge is 0.223 e. The van der Waals surface area contributed by atoms with Gasteiger partial charge in [-0.05, 0) is 17.7 Å². The fraction of sp³-hybridized carbons (Fsp3) is 0.111. The minimum atomic E-state index is 0.695. The van der Waals surface area contributed by atoms with Gasteiger partial charge < -0.3 is 0 Å². The van der Waals surface area contributed by atoms with Crippen molar-refractivity contribution in [3.8, 4) is 5.69 Å². The molecule has 0 aliphatic heterocycles. The molecule has 72 valence electrons. The van der Waals surface area contributed by atoms with Crippen LogP contribution in [0.1, 0.15) is 5.56 Å². The Balaban J connectivity index is 2.55. The Morgan fingerprint density at radius 3 is 2.93 bits per heavy atom. The lowest BCUT2D eigenvalue weighted by Crippen LogP contribution is -1.98. The van der Waals surface area contributed by atoms with Crippen LogP contribution in [-0.4, -0.2) is 14.8 Å². The van der Waals surface area contributed by atoms with Gasteiger partial charge in [-0.2, -0.15) is 5.10 Å². The number of halogens is 2. The Kier molecular flexibility index (Phi) is 2.84. The fourth-order valence-corrected chi connectivity index (χ4v) is 1.84. The number of alkyl halides is 1. The van der Waals surface area contributed by atoms with Gasteiger partial charge >= 0.3 is 0 Å². The molecular formula is C9H7BrClN3. The van der Waals surface area contributed by atoms with E-state index in [4.69, 9.17) is 11.6 Å². The summed E-state index contributed by atoms with van der Waals surface area (Å²) in [7, 11) is 0. The van der Waals surface area contributed by atoms with E-state index < -0.39 is 0 Å². The molecule has 5 heteroatoms. The normalized spacial score (nSPS) is 10.4. The highest BCUT2D eigenvalue weighted by Crippen LogP contribution is 2.20. The molecule has 1 heterocycles. The molecule has 0 N–H and O–H groups in total. The molecule has 0 aliphatic rings. The Morgan fingerprint density at radius 1 is 1.43 bits per heavy atom. The summed E-state index contributed by atoms with van der Waals surface area (Å²) in [5, 5.41) is 5.52. The lowest BCUT2D eigenvalue weighted by atomic mass is 10.2. The number of hydrogen-bond donors (Lipinski definition) is 0. The third-order valence-corrected chi connectivity index (χ3v) is 2.70. The molecule has 0 amide bonds. The molecule has 0 radical (unpaired) electrons. The zero-order valence-corrected chi connectivity index (χ0v) is 9.53. The molecule has 1 aromatic carbocycles. The van der Waals surface area contributed by atoms with E-state index in [0.29, 0.717) is 5.02 Å². The third-order valence-electron chi connectivity index (χ3n) is 1.86. The molecule has 0 saturated heterocycles. The molecule has 2 aromatic rings. The van der Waals surface area contributed by atoms with Gasteiger partial charge in [-0.1, -0.05) is 33.6 Å². The summed E-state index contributed by atoms with van der Waals surface area (Å²) in [6.45, 7) is 0. The maximum Gasteiger partial charge on any atom is 0.138 e. The zero-order chi connectivity index (χ0) is 9.97. The van der Waals surface area contributed by atoms with E-state index in [0.717, 1.165) is 16.6 Å². The van der Waals surface area contributed by atoms with Crippen molar-refractivity contribution in [2.24, 2.45) is 0 Å². The highest BCUT2D eigenvalue weighted by atomic mass is 79.9. The first-order chi connectivity index (χ1) is 6.81. The van der Waals surface area contributed by atoms with Gasteiger partial charge in [0.05, 0.1) is 5.69 Å². The van der Waals surface area contributed by atoms with Crippen molar-refractivity contribution in [1.82, 2.24) is 14.8 Å². The first-order valence-electron chi connectivity index (χ1n) is 4.00. The summed E-state index contributed by atoms with van der Waals surface area (Å²) in [6, 6.07) is 5.69. The second-order valence-corrected chi connectivity index (χ2v) is 3.74. The predicted molar refractivity (Wildman–Crippen MR) is 59.0 cm³/mol. The Morgan fingerprint density at radius 2 is 2.29 bits per heavy atom. The number of aromatic nitrogens is 3. The third kappa shape index (κ3) is 1.81. The topological polar surface area (TPSA) is 30.7 Å². The van der Waals surface area contributed by atoms with Crippen LogP contribution in [0, 0.1) is 0 Å². The Hall–Kier alpha value is -0.870. The van der Waals surface area contributed by atoms with E-state index in [2.05, 4.69) is 26.0 Å². The van der Waals surface area contributed by atoms with Crippen molar-refractivity contribution in [2.45, 2.75) is 5.33 Å². The minimum absolute atomic E-state index is 0.695. The number of benzene rings is 1. The lowest BCUT2D eigenvalue weighted by molar-refractivity contribution is 0.870. The van der Waals surface area contributed by atoms with E-state index in [1.54, 1.807) is 11.0 Å². The molecule has 0 saturated carbocycles. The van der Waals surface area contributed by atoms with Crippen LogP contribution in [0.5, 0.6) is 0 Å². The van der Waals surface area contributed by atoms with E-state index in [9.17, 15) is 0 Å². The number of rotatable bonds is 2. The summed E-state index contributed by atoms with van der Waals surface area (Å²) >= 11 is 9.33. The predicted octanol–water partition coefficient (Wildman–Crippen LogP) is 2.82. The first-order valence-corrected chi connectivity index (χ1v) is 5.50. The standard InChI is InChI=1S/C9H7BrClN3/c10-4-7-1-2-8(11)3-9(7)14-6-12-5-13-14/h1-3,5-6H,4H2. The molecule has 0 unspecified atom stereocenters. The summed E-state index contributed by atoms with van der Waals surface area (Å²) in [4.78, 5) is 3.90. The van der Waals surface area contributed by atoms with Crippen molar-refractivity contribution in [3.05, 3.63) is 41.4 Å². The van der Waals surface area contributed by atoms with Crippen LogP contribution in [-0.2, 0) is 5.33 Å². The smallest absolute Gasteiger partial charge is 0.138 e. The van der Waals surface area contributed by atoms with Crippen LogP contribution in [0.25, 0.3) is 5.69 Å². The van der Waals surface area contributed by atoms with Gasteiger partial charge in [-0.25, -0.2) is 9.67 Å². The van der Waals surface area contributed by atoms with E-state index in [1.807, 2.05) is 18.2 Å². The summed E-state index contributed by atoms with van der Waals surface area (Å²) in [5.41, 5.74) is 2.08. The summed E-state index contributed by atoms with van der Waals surface area (Å²) in [5.74, 6) is 0. The lowest BCUT2D eigenvalue weighted by Gasteiger charge is -2.06. The molecule has 3 nitrogen and oxygen atoms in total. The quantitative estimate of drug-likeness (QED) is 0.787. The van der Waals surface area contributed by atoms with Crippen LogP contribution in [0.3, 0.4) is 0 Å². The van der Waals surface area contributed by atoms with Crippen molar-refractivity contribution >= 4 is 27.5 Å². The molecule has 14 heavy (non-hydrogen) atoms. The van der Waals surface area contributed by atoms with E-state index in [-0.39, 0.29) is 0 Å². The molecule has 0 aliphatic carbocycles. The van der Waals surface area contributed by atoms with Crippen LogP contribution < -0.4 is 0 Å². The molecule has 2 rings (SSSR count). The summed E-state index contributed by atoms with van der Waals surface area (Å²) < 4.78 is 1.70.